The molecular weight excluding hydrogens is 194 g/mol. The van der Waals surface area contributed by atoms with E-state index in [0.717, 1.165) is 11.3 Å². The average molecular weight is 200 g/mol. The molecule has 1 aromatic heterocycles. The minimum Gasteiger partial charge on any atom is -0.506 e. The summed E-state index contributed by atoms with van der Waals surface area (Å²) in [7, 11) is 0. The van der Waals surface area contributed by atoms with Gasteiger partial charge in [0.25, 0.3) is 6.43 Å². The molecule has 2 rings (SSSR count). The SMILES string of the molecule is Oc1cccc2cc(C(F)F)sc12. The zero-order chi connectivity index (χ0) is 9.42. The lowest BCUT2D eigenvalue weighted by molar-refractivity contribution is 0.156. The molecule has 0 unspecified atom stereocenters. The fourth-order valence-electron chi connectivity index (χ4n) is 1.18. The van der Waals surface area contributed by atoms with Gasteiger partial charge in [-0.3, -0.25) is 0 Å². The second kappa shape index (κ2) is 2.96. The number of rotatable bonds is 1. The second-order valence-corrected chi connectivity index (χ2v) is 3.73. The van der Waals surface area contributed by atoms with E-state index in [1.165, 1.54) is 12.1 Å². The number of phenols is 1. The molecule has 0 aliphatic carbocycles. The topological polar surface area (TPSA) is 20.2 Å². The number of hydrogen-bond donors (Lipinski definition) is 1. The number of aromatic hydroxyl groups is 1. The summed E-state index contributed by atoms with van der Waals surface area (Å²) < 4.78 is 25.1. The molecule has 1 aromatic carbocycles. The van der Waals surface area contributed by atoms with Crippen molar-refractivity contribution in [2.45, 2.75) is 6.43 Å². The van der Waals surface area contributed by atoms with Crippen molar-refractivity contribution in [1.29, 1.82) is 0 Å². The molecule has 1 nitrogen and oxygen atoms in total. The normalized spacial score (nSPS) is 11.3. The Hall–Kier alpha value is -1.16. The van der Waals surface area contributed by atoms with Gasteiger partial charge in [0.15, 0.2) is 0 Å². The van der Waals surface area contributed by atoms with E-state index in [9.17, 15) is 13.9 Å². The smallest absolute Gasteiger partial charge is 0.272 e. The molecule has 13 heavy (non-hydrogen) atoms. The van der Waals surface area contributed by atoms with Crippen LogP contribution in [0.4, 0.5) is 8.78 Å². The van der Waals surface area contributed by atoms with Crippen molar-refractivity contribution in [2.24, 2.45) is 0 Å². The van der Waals surface area contributed by atoms with Gasteiger partial charge in [0.05, 0.1) is 9.58 Å². The Bertz CT molecular complexity index is 436. The van der Waals surface area contributed by atoms with Crippen LogP contribution in [-0.4, -0.2) is 5.11 Å². The largest absolute Gasteiger partial charge is 0.506 e. The minimum atomic E-state index is -2.46. The van der Waals surface area contributed by atoms with E-state index in [0.29, 0.717) is 10.1 Å². The third-order valence-electron chi connectivity index (χ3n) is 1.76. The Morgan fingerprint density at radius 1 is 1.31 bits per heavy atom. The Morgan fingerprint density at radius 2 is 2.08 bits per heavy atom. The molecule has 0 radical (unpaired) electrons. The predicted octanol–water partition coefficient (Wildman–Crippen LogP) is 3.54. The summed E-state index contributed by atoms with van der Waals surface area (Å²) in [6, 6.07) is 6.25. The van der Waals surface area contributed by atoms with Crippen LogP contribution < -0.4 is 0 Å². The molecule has 0 amide bonds. The second-order valence-electron chi connectivity index (χ2n) is 2.64. The fourth-order valence-corrected chi connectivity index (χ4v) is 2.10. The molecule has 0 aliphatic heterocycles. The summed E-state index contributed by atoms with van der Waals surface area (Å²) in [5, 5.41) is 10.00. The highest BCUT2D eigenvalue weighted by molar-refractivity contribution is 7.19. The van der Waals surface area contributed by atoms with Gasteiger partial charge in [-0.05, 0) is 17.5 Å². The predicted molar refractivity (Wildman–Crippen MR) is 48.4 cm³/mol. The van der Waals surface area contributed by atoms with Crippen LogP contribution in [0.25, 0.3) is 10.1 Å². The first-order chi connectivity index (χ1) is 6.18. The summed E-state index contributed by atoms with van der Waals surface area (Å²) in [5.41, 5.74) is 0. The number of benzene rings is 1. The molecule has 2 aromatic rings. The van der Waals surface area contributed by atoms with Crippen LogP contribution in [0.15, 0.2) is 24.3 Å². The Balaban J connectivity index is 2.68. The van der Waals surface area contributed by atoms with Crippen molar-refractivity contribution in [1.82, 2.24) is 0 Å². The number of phenolic OH excluding ortho intramolecular Hbond substituents is 1. The van der Waals surface area contributed by atoms with Crippen LogP contribution in [0, 0.1) is 0 Å². The number of halogens is 2. The molecule has 4 heteroatoms. The van der Waals surface area contributed by atoms with E-state index >= 15 is 0 Å². The summed E-state index contributed by atoms with van der Waals surface area (Å²) in [4.78, 5) is -0.00324. The molecule has 0 aliphatic rings. The number of alkyl halides is 2. The highest BCUT2D eigenvalue weighted by Gasteiger charge is 2.12. The van der Waals surface area contributed by atoms with Gasteiger partial charge in [-0.25, -0.2) is 8.78 Å². The van der Waals surface area contributed by atoms with E-state index in [1.54, 1.807) is 12.1 Å². The number of hydrogen-bond acceptors (Lipinski definition) is 2. The van der Waals surface area contributed by atoms with Crippen molar-refractivity contribution in [3.8, 4) is 5.75 Å². The van der Waals surface area contributed by atoms with E-state index in [-0.39, 0.29) is 10.6 Å². The highest BCUT2D eigenvalue weighted by atomic mass is 32.1. The summed E-state index contributed by atoms with van der Waals surface area (Å²) in [6.07, 6.45) is -2.46. The van der Waals surface area contributed by atoms with E-state index < -0.39 is 6.43 Å². The first-order valence-corrected chi connectivity index (χ1v) is 4.49. The summed E-state index contributed by atoms with van der Waals surface area (Å²) >= 11 is 0.932. The summed E-state index contributed by atoms with van der Waals surface area (Å²) in [6.45, 7) is 0. The quantitative estimate of drug-likeness (QED) is 0.746. The van der Waals surface area contributed by atoms with Gasteiger partial charge in [-0.2, -0.15) is 0 Å². The van der Waals surface area contributed by atoms with Crippen LogP contribution in [0.5, 0.6) is 5.75 Å². The van der Waals surface area contributed by atoms with Gasteiger partial charge in [0.1, 0.15) is 5.75 Å². The van der Waals surface area contributed by atoms with Crippen LogP contribution in [0.1, 0.15) is 11.3 Å². The Morgan fingerprint density at radius 3 is 2.69 bits per heavy atom. The molecule has 0 saturated heterocycles. The van der Waals surface area contributed by atoms with Crippen molar-refractivity contribution in [2.75, 3.05) is 0 Å². The van der Waals surface area contributed by atoms with E-state index in [1.807, 2.05) is 0 Å². The molecule has 1 N–H and O–H groups in total. The van der Waals surface area contributed by atoms with E-state index in [4.69, 9.17) is 0 Å². The average Bonchev–Trinajstić information content (AvgIpc) is 2.49. The molecule has 1 heterocycles. The maximum Gasteiger partial charge on any atom is 0.272 e. The molecular formula is C9H6F2OS. The van der Waals surface area contributed by atoms with Gasteiger partial charge in [-0.1, -0.05) is 12.1 Å². The maximum absolute atomic E-state index is 12.3. The van der Waals surface area contributed by atoms with Crippen LogP contribution in [0.2, 0.25) is 0 Å². The third kappa shape index (κ3) is 1.37. The lowest BCUT2D eigenvalue weighted by Crippen LogP contribution is -1.72. The zero-order valence-corrected chi connectivity index (χ0v) is 7.31. The lowest BCUT2D eigenvalue weighted by Gasteiger charge is -1.91. The van der Waals surface area contributed by atoms with Crippen molar-refractivity contribution < 1.29 is 13.9 Å². The fraction of sp³-hybridized carbons (Fsp3) is 0.111. The summed E-state index contributed by atoms with van der Waals surface area (Å²) in [5.74, 6) is 0.0643. The van der Waals surface area contributed by atoms with Crippen molar-refractivity contribution in [3.05, 3.63) is 29.1 Å². The van der Waals surface area contributed by atoms with Crippen LogP contribution >= 0.6 is 11.3 Å². The van der Waals surface area contributed by atoms with Crippen LogP contribution in [-0.2, 0) is 0 Å². The highest BCUT2D eigenvalue weighted by Crippen LogP contribution is 2.36. The third-order valence-corrected chi connectivity index (χ3v) is 2.94. The standard InChI is InChI=1S/C9H6F2OS/c10-9(11)7-4-5-2-1-3-6(12)8(5)13-7/h1-4,9,12H. The maximum atomic E-state index is 12.3. The van der Waals surface area contributed by atoms with E-state index in [2.05, 4.69) is 0 Å². The lowest BCUT2D eigenvalue weighted by atomic mass is 10.2. The van der Waals surface area contributed by atoms with Gasteiger partial charge < -0.3 is 5.11 Å². The first-order valence-electron chi connectivity index (χ1n) is 3.68. The number of thiophene rings is 1. The molecule has 0 bridgehead atoms. The Kier molecular flexibility index (Phi) is 1.92. The van der Waals surface area contributed by atoms with Gasteiger partial charge in [0.2, 0.25) is 0 Å². The zero-order valence-electron chi connectivity index (χ0n) is 6.50. The Labute approximate surface area is 77.2 Å². The molecule has 0 spiro atoms. The van der Waals surface area contributed by atoms with Crippen molar-refractivity contribution >= 4 is 21.4 Å². The van der Waals surface area contributed by atoms with Gasteiger partial charge >= 0.3 is 0 Å². The van der Waals surface area contributed by atoms with Gasteiger partial charge in [0, 0.05) is 0 Å². The van der Waals surface area contributed by atoms with Gasteiger partial charge in [-0.15, -0.1) is 11.3 Å². The first kappa shape index (κ1) is 8.44. The van der Waals surface area contributed by atoms with Crippen LogP contribution in [0.3, 0.4) is 0 Å². The monoisotopic (exact) mass is 200 g/mol. The molecule has 0 fully saturated rings. The molecule has 0 atom stereocenters. The molecule has 0 saturated carbocycles. The minimum absolute atomic E-state index is 0.00324. The molecule has 68 valence electrons. The van der Waals surface area contributed by atoms with Crippen molar-refractivity contribution in [3.63, 3.8) is 0 Å². The number of fused-ring (bicyclic) bond motifs is 1.